The van der Waals surface area contributed by atoms with Gasteiger partial charge in [0.1, 0.15) is 0 Å². The van der Waals surface area contributed by atoms with Crippen molar-refractivity contribution in [1.82, 2.24) is 4.90 Å². The van der Waals surface area contributed by atoms with Crippen LogP contribution in [0.4, 0.5) is 0 Å². The van der Waals surface area contributed by atoms with Crippen molar-refractivity contribution in [2.24, 2.45) is 0 Å². The molecule has 0 spiro atoms. The smallest absolute Gasteiger partial charge is 0.255 e. The summed E-state index contributed by atoms with van der Waals surface area (Å²) < 4.78 is 33.2. The molecular formula is C14H20ClNO5S. The summed E-state index contributed by atoms with van der Waals surface area (Å²) in [5.41, 5.74) is 0.150. The predicted molar refractivity (Wildman–Crippen MR) is 84.2 cm³/mol. The fourth-order valence-corrected chi connectivity index (χ4v) is 2.63. The summed E-state index contributed by atoms with van der Waals surface area (Å²) in [4.78, 5) is 14.2. The van der Waals surface area contributed by atoms with Gasteiger partial charge in [-0.15, -0.1) is 0 Å². The van der Waals surface area contributed by atoms with E-state index in [0.717, 1.165) is 6.26 Å². The van der Waals surface area contributed by atoms with Crippen LogP contribution in [-0.4, -0.2) is 66.0 Å². The molecule has 8 heteroatoms. The molecule has 0 fully saturated rings. The molecule has 1 rings (SSSR count). The number of amides is 1. The Kier molecular flexibility index (Phi) is 7.28. The number of carbonyl (C=O) groups excluding carboxylic acids is 1. The van der Waals surface area contributed by atoms with Gasteiger partial charge in [0.15, 0.2) is 9.84 Å². The minimum atomic E-state index is -3.41. The summed E-state index contributed by atoms with van der Waals surface area (Å²) in [6.45, 7) is 1.44. The number of nitrogens with zero attached hydrogens (tertiary/aromatic N) is 1. The Bertz CT molecular complexity index is 610. The van der Waals surface area contributed by atoms with Crippen LogP contribution in [0.15, 0.2) is 23.1 Å². The van der Waals surface area contributed by atoms with E-state index in [9.17, 15) is 13.2 Å². The van der Waals surface area contributed by atoms with E-state index in [1.54, 1.807) is 0 Å². The second-order valence-electron chi connectivity index (χ2n) is 4.69. The van der Waals surface area contributed by atoms with Crippen LogP contribution in [0.2, 0.25) is 5.02 Å². The SMILES string of the molecule is COCCN(CCOC)C(=O)c1cc(S(C)(=O)=O)ccc1Cl. The normalized spacial score (nSPS) is 11.5. The standard InChI is InChI=1S/C14H20ClNO5S/c1-20-8-6-16(7-9-21-2)14(17)12-10-11(22(3,18)19)4-5-13(12)15/h4-5,10H,6-9H2,1-3H3. The number of benzene rings is 1. The van der Waals surface area contributed by atoms with Crippen molar-refractivity contribution in [2.45, 2.75) is 4.90 Å². The Hall–Kier alpha value is -1.15. The van der Waals surface area contributed by atoms with Gasteiger partial charge in [-0.3, -0.25) is 4.79 Å². The lowest BCUT2D eigenvalue weighted by Gasteiger charge is -2.22. The quantitative estimate of drug-likeness (QED) is 0.710. The lowest BCUT2D eigenvalue weighted by atomic mass is 10.2. The number of methoxy groups -OCH3 is 2. The van der Waals surface area contributed by atoms with E-state index in [-0.39, 0.29) is 21.4 Å². The maximum atomic E-state index is 12.6. The molecule has 0 heterocycles. The average Bonchev–Trinajstić information content (AvgIpc) is 2.46. The number of carbonyl (C=O) groups is 1. The van der Waals surface area contributed by atoms with Gasteiger partial charge in [-0.05, 0) is 18.2 Å². The average molecular weight is 350 g/mol. The van der Waals surface area contributed by atoms with Crippen molar-refractivity contribution in [3.63, 3.8) is 0 Å². The first-order chi connectivity index (χ1) is 10.3. The third-order valence-electron chi connectivity index (χ3n) is 3.01. The molecule has 0 aliphatic rings. The maximum absolute atomic E-state index is 12.6. The summed E-state index contributed by atoms with van der Waals surface area (Å²) in [5, 5.41) is 0.206. The molecule has 0 aliphatic heterocycles. The topological polar surface area (TPSA) is 72.9 Å². The van der Waals surface area contributed by atoms with Gasteiger partial charge in [-0.25, -0.2) is 8.42 Å². The zero-order valence-corrected chi connectivity index (χ0v) is 14.4. The first kappa shape index (κ1) is 18.9. The molecule has 0 unspecified atom stereocenters. The third-order valence-corrected chi connectivity index (χ3v) is 4.45. The number of ether oxygens (including phenoxy) is 2. The molecule has 0 saturated heterocycles. The van der Waals surface area contributed by atoms with Gasteiger partial charge in [0.05, 0.1) is 28.7 Å². The highest BCUT2D eigenvalue weighted by molar-refractivity contribution is 7.90. The lowest BCUT2D eigenvalue weighted by molar-refractivity contribution is 0.0627. The molecule has 6 nitrogen and oxygen atoms in total. The van der Waals surface area contributed by atoms with Gasteiger partial charge < -0.3 is 14.4 Å². The number of hydrogen-bond acceptors (Lipinski definition) is 5. The summed E-state index contributed by atoms with van der Waals surface area (Å²) in [5.74, 6) is -0.357. The van der Waals surface area contributed by atoms with Crippen LogP contribution in [0.3, 0.4) is 0 Å². The zero-order chi connectivity index (χ0) is 16.8. The Morgan fingerprint density at radius 2 is 1.73 bits per heavy atom. The van der Waals surface area contributed by atoms with Crippen LogP contribution in [-0.2, 0) is 19.3 Å². The van der Waals surface area contributed by atoms with Gasteiger partial charge in [-0.2, -0.15) is 0 Å². The second kappa shape index (κ2) is 8.47. The molecule has 0 saturated carbocycles. The molecule has 0 aliphatic carbocycles. The van der Waals surface area contributed by atoms with E-state index in [1.165, 1.54) is 37.3 Å². The molecule has 124 valence electrons. The van der Waals surface area contributed by atoms with Crippen molar-refractivity contribution in [2.75, 3.05) is 46.8 Å². The van der Waals surface area contributed by atoms with Gasteiger partial charge >= 0.3 is 0 Å². The Labute approximate surface area is 135 Å². The van der Waals surface area contributed by atoms with Crippen molar-refractivity contribution in [3.8, 4) is 0 Å². The molecule has 1 aromatic carbocycles. The van der Waals surface area contributed by atoms with Gasteiger partial charge in [0.2, 0.25) is 0 Å². The molecule has 0 radical (unpaired) electrons. The van der Waals surface area contributed by atoms with E-state index in [1.807, 2.05) is 0 Å². The van der Waals surface area contributed by atoms with Crippen LogP contribution < -0.4 is 0 Å². The molecule has 22 heavy (non-hydrogen) atoms. The van der Waals surface area contributed by atoms with Crippen LogP contribution in [0.25, 0.3) is 0 Å². The highest BCUT2D eigenvalue weighted by Crippen LogP contribution is 2.22. The minimum Gasteiger partial charge on any atom is -0.383 e. The number of halogens is 1. The third kappa shape index (κ3) is 5.24. The summed E-state index contributed by atoms with van der Waals surface area (Å²) in [6, 6.07) is 4.09. The molecule has 0 N–H and O–H groups in total. The first-order valence-corrected chi connectivity index (χ1v) is 8.85. The van der Waals surface area contributed by atoms with E-state index in [2.05, 4.69) is 0 Å². The monoisotopic (exact) mass is 349 g/mol. The van der Waals surface area contributed by atoms with Crippen molar-refractivity contribution < 1.29 is 22.7 Å². The van der Waals surface area contributed by atoms with Crippen LogP contribution in [0, 0.1) is 0 Å². The summed E-state index contributed by atoms with van der Waals surface area (Å²) in [7, 11) is -0.338. The summed E-state index contributed by atoms with van der Waals surface area (Å²) in [6.07, 6.45) is 1.08. The van der Waals surface area contributed by atoms with Crippen LogP contribution in [0.1, 0.15) is 10.4 Å². The highest BCUT2D eigenvalue weighted by atomic mass is 35.5. The molecule has 0 aromatic heterocycles. The van der Waals surface area contributed by atoms with Crippen molar-refractivity contribution in [3.05, 3.63) is 28.8 Å². The molecular weight excluding hydrogens is 330 g/mol. The molecule has 0 bridgehead atoms. The van der Waals surface area contributed by atoms with E-state index in [0.29, 0.717) is 26.3 Å². The summed E-state index contributed by atoms with van der Waals surface area (Å²) >= 11 is 6.05. The van der Waals surface area contributed by atoms with Crippen molar-refractivity contribution in [1.29, 1.82) is 0 Å². The highest BCUT2D eigenvalue weighted by Gasteiger charge is 2.20. The largest absolute Gasteiger partial charge is 0.383 e. The fourth-order valence-electron chi connectivity index (χ4n) is 1.79. The number of rotatable bonds is 8. The van der Waals surface area contributed by atoms with Crippen molar-refractivity contribution >= 4 is 27.3 Å². The second-order valence-corrected chi connectivity index (χ2v) is 7.11. The fraction of sp³-hybridized carbons (Fsp3) is 0.500. The molecule has 1 aromatic rings. The number of hydrogen-bond donors (Lipinski definition) is 0. The Balaban J connectivity index is 3.11. The molecule has 1 amide bonds. The van der Waals surface area contributed by atoms with Gasteiger partial charge in [0, 0.05) is 33.6 Å². The lowest BCUT2D eigenvalue weighted by Crippen LogP contribution is -2.36. The van der Waals surface area contributed by atoms with Gasteiger partial charge in [0.25, 0.3) is 5.91 Å². The Morgan fingerprint density at radius 3 is 2.18 bits per heavy atom. The number of sulfone groups is 1. The van der Waals surface area contributed by atoms with E-state index < -0.39 is 9.84 Å². The predicted octanol–water partition coefficient (Wildman–Crippen LogP) is 1.48. The zero-order valence-electron chi connectivity index (χ0n) is 12.8. The first-order valence-electron chi connectivity index (χ1n) is 6.58. The maximum Gasteiger partial charge on any atom is 0.255 e. The van der Waals surface area contributed by atoms with Crippen LogP contribution >= 0.6 is 11.6 Å². The van der Waals surface area contributed by atoms with Gasteiger partial charge in [-0.1, -0.05) is 11.6 Å². The van der Waals surface area contributed by atoms with E-state index >= 15 is 0 Å². The van der Waals surface area contributed by atoms with Crippen LogP contribution in [0.5, 0.6) is 0 Å². The molecule has 0 atom stereocenters. The minimum absolute atomic E-state index is 0.0543. The van der Waals surface area contributed by atoms with E-state index in [4.69, 9.17) is 21.1 Å². The Morgan fingerprint density at radius 1 is 1.18 bits per heavy atom.